The van der Waals surface area contributed by atoms with E-state index in [9.17, 15) is 13.2 Å². The van der Waals surface area contributed by atoms with Crippen LogP contribution in [-0.2, 0) is 16.4 Å². The van der Waals surface area contributed by atoms with Gasteiger partial charge in [0.05, 0.1) is 17.1 Å². The van der Waals surface area contributed by atoms with Crippen molar-refractivity contribution in [2.75, 3.05) is 17.4 Å². The number of amides is 1. The Labute approximate surface area is 177 Å². The Bertz CT molecular complexity index is 1080. The number of hydrogen-bond acceptors (Lipinski definition) is 3. The SMILES string of the molecule is C=CCN(c1ccc(C(=O)NCCc2ccccc2)cc1)S(=O)(=O)c1ccccc1. The lowest BCUT2D eigenvalue weighted by molar-refractivity contribution is 0.0954. The highest BCUT2D eigenvalue weighted by molar-refractivity contribution is 7.92. The second kappa shape index (κ2) is 9.89. The number of anilines is 1. The molecule has 0 aliphatic rings. The van der Waals surface area contributed by atoms with Crippen molar-refractivity contribution in [2.24, 2.45) is 0 Å². The average molecular weight is 421 g/mol. The highest BCUT2D eigenvalue weighted by atomic mass is 32.2. The van der Waals surface area contributed by atoms with E-state index >= 15 is 0 Å². The van der Waals surface area contributed by atoms with Crippen molar-refractivity contribution in [1.29, 1.82) is 0 Å². The summed E-state index contributed by atoms with van der Waals surface area (Å²) in [6.45, 7) is 4.32. The van der Waals surface area contributed by atoms with Crippen molar-refractivity contribution >= 4 is 21.6 Å². The highest BCUT2D eigenvalue weighted by Crippen LogP contribution is 2.24. The molecule has 1 N–H and O–H groups in total. The molecular formula is C24H24N2O3S. The van der Waals surface area contributed by atoms with Crippen LogP contribution in [0.2, 0.25) is 0 Å². The zero-order valence-electron chi connectivity index (χ0n) is 16.6. The Morgan fingerprint density at radius 1 is 0.900 bits per heavy atom. The smallest absolute Gasteiger partial charge is 0.264 e. The second-order valence-electron chi connectivity index (χ2n) is 6.68. The fraction of sp³-hybridized carbons (Fsp3) is 0.125. The van der Waals surface area contributed by atoms with Crippen LogP contribution < -0.4 is 9.62 Å². The Hall–Kier alpha value is -3.38. The Balaban J connectivity index is 1.71. The molecule has 154 valence electrons. The van der Waals surface area contributed by atoms with Gasteiger partial charge in [-0.05, 0) is 48.4 Å². The summed E-state index contributed by atoms with van der Waals surface area (Å²) in [7, 11) is -3.73. The Morgan fingerprint density at radius 2 is 1.50 bits per heavy atom. The first-order valence-electron chi connectivity index (χ1n) is 9.63. The molecule has 0 unspecified atom stereocenters. The quantitative estimate of drug-likeness (QED) is 0.531. The van der Waals surface area contributed by atoms with E-state index in [0.29, 0.717) is 17.8 Å². The molecule has 1 amide bonds. The van der Waals surface area contributed by atoms with Gasteiger partial charge in [-0.2, -0.15) is 0 Å². The van der Waals surface area contributed by atoms with Gasteiger partial charge in [0, 0.05) is 12.1 Å². The summed E-state index contributed by atoms with van der Waals surface area (Å²) in [5.41, 5.74) is 2.10. The molecule has 0 aliphatic carbocycles. The van der Waals surface area contributed by atoms with Crippen LogP contribution in [0, 0.1) is 0 Å². The number of nitrogens with one attached hydrogen (secondary N) is 1. The second-order valence-corrected chi connectivity index (χ2v) is 8.54. The van der Waals surface area contributed by atoms with Gasteiger partial charge < -0.3 is 5.32 Å². The summed E-state index contributed by atoms with van der Waals surface area (Å²) in [4.78, 5) is 12.6. The monoisotopic (exact) mass is 420 g/mol. The first kappa shape index (κ1) is 21.3. The maximum Gasteiger partial charge on any atom is 0.264 e. The lowest BCUT2D eigenvalue weighted by Gasteiger charge is -2.23. The van der Waals surface area contributed by atoms with E-state index in [0.717, 1.165) is 12.0 Å². The minimum Gasteiger partial charge on any atom is -0.352 e. The Kier molecular flexibility index (Phi) is 7.03. The van der Waals surface area contributed by atoms with E-state index in [2.05, 4.69) is 11.9 Å². The van der Waals surface area contributed by atoms with Gasteiger partial charge in [-0.3, -0.25) is 9.10 Å². The number of rotatable bonds is 9. The maximum absolute atomic E-state index is 13.0. The van der Waals surface area contributed by atoms with E-state index in [1.165, 1.54) is 10.4 Å². The molecule has 0 fully saturated rings. The predicted octanol–water partition coefficient (Wildman–Crippen LogP) is 4.04. The van der Waals surface area contributed by atoms with Crippen LogP contribution >= 0.6 is 0 Å². The first-order valence-corrected chi connectivity index (χ1v) is 11.1. The molecular weight excluding hydrogens is 396 g/mol. The van der Waals surface area contributed by atoms with Gasteiger partial charge in [-0.25, -0.2) is 8.42 Å². The number of nitrogens with zero attached hydrogens (tertiary/aromatic N) is 1. The summed E-state index contributed by atoms with van der Waals surface area (Å²) in [6, 6.07) is 24.7. The van der Waals surface area contributed by atoms with Gasteiger partial charge >= 0.3 is 0 Å². The van der Waals surface area contributed by atoms with Crippen LogP contribution in [0.5, 0.6) is 0 Å². The predicted molar refractivity (Wildman–Crippen MR) is 120 cm³/mol. The molecule has 30 heavy (non-hydrogen) atoms. The van der Waals surface area contributed by atoms with Gasteiger partial charge in [0.1, 0.15) is 0 Å². The van der Waals surface area contributed by atoms with Gasteiger partial charge in [0.25, 0.3) is 15.9 Å². The minimum absolute atomic E-state index is 0.125. The normalized spacial score (nSPS) is 10.9. The molecule has 3 rings (SSSR count). The van der Waals surface area contributed by atoms with E-state index in [1.807, 2.05) is 30.3 Å². The largest absolute Gasteiger partial charge is 0.352 e. The molecule has 0 bridgehead atoms. The standard InChI is InChI=1S/C24H24N2O3S/c1-2-19-26(30(28,29)23-11-7-4-8-12-23)22-15-13-21(14-16-22)24(27)25-18-17-20-9-5-3-6-10-20/h2-16H,1,17-19H2,(H,25,27). The molecule has 3 aromatic rings. The molecule has 6 heteroatoms. The topological polar surface area (TPSA) is 66.5 Å². The van der Waals surface area contributed by atoms with Gasteiger partial charge in [0.2, 0.25) is 0 Å². The average Bonchev–Trinajstić information content (AvgIpc) is 2.79. The molecule has 0 heterocycles. The zero-order chi connectivity index (χ0) is 21.4. The van der Waals surface area contributed by atoms with Crippen LogP contribution in [0.25, 0.3) is 0 Å². The molecule has 0 saturated carbocycles. The zero-order valence-corrected chi connectivity index (χ0v) is 17.4. The summed E-state index contributed by atoms with van der Waals surface area (Å²) in [5, 5.41) is 2.89. The van der Waals surface area contributed by atoms with E-state index in [4.69, 9.17) is 0 Å². The number of hydrogen-bond donors (Lipinski definition) is 1. The molecule has 0 radical (unpaired) electrons. The third kappa shape index (κ3) is 5.15. The summed E-state index contributed by atoms with van der Waals surface area (Å²) in [6.07, 6.45) is 2.28. The van der Waals surface area contributed by atoms with E-state index in [1.54, 1.807) is 54.6 Å². The fourth-order valence-electron chi connectivity index (χ4n) is 3.03. The number of sulfonamides is 1. The summed E-state index contributed by atoms with van der Waals surface area (Å²) >= 11 is 0. The molecule has 0 saturated heterocycles. The summed E-state index contributed by atoms with van der Waals surface area (Å²) in [5.74, 6) is -0.196. The molecule has 3 aromatic carbocycles. The molecule has 0 aliphatic heterocycles. The lowest BCUT2D eigenvalue weighted by atomic mass is 10.1. The minimum atomic E-state index is -3.73. The van der Waals surface area contributed by atoms with Crippen LogP contribution in [0.4, 0.5) is 5.69 Å². The van der Waals surface area contributed by atoms with E-state index < -0.39 is 10.0 Å². The third-order valence-electron chi connectivity index (χ3n) is 4.59. The first-order chi connectivity index (χ1) is 14.5. The number of carbonyl (C=O) groups excluding carboxylic acids is 1. The Morgan fingerprint density at radius 3 is 2.10 bits per heavy atom. The van der Waals surface area contributed by atoms with Crippen LogP contribution in [0.1, 0.15) is 15.9 Å². The van der Waals surface area contributed by atoms with Gasteiger partial charge in [-0.15, -0.1) is 6.58 Å². The third-order valence-corrected chi connectivity index (χ3v) is 6.39. The fourth-order valence-corrected chi connectivity index (χ4v) is 4.48. The lowest BCUT2D eigenvalue weighted by Crippen LogP contribution is -2.31. The van der Waals surface area contributed by atoms with Crippen molar-refractivity contribution in [2.45, 2.75) is 11.3 Å². The van der Waals surface area contributed by atoms with E-state index in [-0.39, 0.29) is 17.3 Å². The molecule has 5 nitrogen and oxygen atoms in total. The van der Waals surface area contributed by atoms with Crippen LogP contribution in [0.15, 0.2) is 102 Å². The van der Waals surface area contributed by atoms with Gasteiger partial charge in [0.15, 0.2) is 0 Å². The number of carbonyl (C=O) groups is 1. The highest BCUT2D eigenvalue weighted by Gasteiger charge is 2.23. The maximum atomic E-state index is 13.0. The molecule has 0 spiro atoms. The van der Waals surface area contributed by atoms with Gasteiger partial charge in [-0.1, -0.05) is 54.6 Å². The number of benzene rings is 3. The molecule has 0 aromatic heterocycles. The molecule has 0 atom stereocenters. The van der Waals surface area contributed by atoms with Crippen LogP contribution in [0.3, 0.4) is 0 Å². The van der Waals surface area contributed by atoms with Crippen molar-refractivity contribution < 1.29 is 13.2 Å². The van der Waals surface area contributed by atoms with Crippen molar-refractivity contribution in [1.82, 2.24) is 5.32 Å². The van der Waals surface area contributed by atoms with Crippen molar-refractivity contribution in [3.63, 3.8) is 0 Å². The van der Waals surface area contributed by atoms with Crippen LogP contribution in [-0.4, -0.2) is 27.4 Å². The summed E-state index contributed by atoms with van der Waals surface area (Å²) < 4.78 is 27.3. The van der Waals surface area contributed by atoms with Crippen molar-refractivity contribution in [3.8, 4) is 0 Å². The van der Waals surface area contributed by atoms with Crippen molar-refractivity contribution in [3.05, 3.63) is 109 Å².